The molecule has 8 rings (SSSR count). The van der Waals surface area contributed by atoms with Gasteiger partial charge in [0.05, 0.1) is 0 Å². The summed E-state index contributed by atoms with van der Waals surface area (Å²) in [4.78, 5) is 0. The van der Waals surface area contributed by atoms with Crippen molar-refractivity contribution in [3.05, 3.63) is 130 Å². The maximum atomic E-state index is 2.52. The van der Waals surface area contributed by atoms with Crippen LogP contribution in [0.25, 0.3) is 44.5 Å². The first-order valence-electron chi connectivity index (χ1n) is 15.8. The molecule has 3 aliphatic carbocycles. The van der Waals surface area contributed by atoms with E-state index in [1.165, 1.54) is 103 Å². The molecule has 0 heteroatoms. The zero-order chi connectivity index (χ0) is 29.0. The first-order chi connectivity index (χ1) is 20.1. The van der Waals surface area contributed by atoms with Crippen molar-refractivity contribution in [1.82, 2.24) is 0 Å². The molecule has 0 radical (unpaired) electrons. The highest BCUT2D eigenvalue weighted by molar-refractivity contribution is 5.91. The molecular weight excluding hydrogens is 504 g/mol. The topological polar surface area (TPSA) is 0 Å². The van der Waals surface area contributed by atoms with E-state index >= 15 is 0 Å². The van der Waals surface area contributed by atoms with Crippen molar-refractivity contribution in [3.8, 4) is 44.5 Å². The highest BCUT2D eigenvalue weighted by atomic mass is 14.4. The molecule has 0 heterocycles. The molecule has 42 heavy (non-hydrogen) atoms. The lowest BCUT2D eigenvalue weighted by Gasteiger charge is -2.29. The second-order valence-electron chi connectivity index (χ2n) is 14.2. The zero-order valence-corrected chi connectivity index (χ0v) is 25.9. The van der Waals surface area contributed by atoms with Crippen LogP contribution in [0.2, 0.25) is 0 Å². The molecule has 0 spiro atoms. The highest BCUT2D eigenvalue weighted by Crippen LogP contribution is 2.56. The van der Waals surface area contributed by atoms with Crippen LogP contribution in [0.4, 0.5) is 0 Å². The molecule has 5 aromatic carbocycles. The molecule has 0 atom stereocenters. The van der Waals surface area contributed by atoms with Crippen LogP contribution < -0.4 is 0 Å². The van der Waals surface area contributed by atoms with Crippen molar-refractivity contribution in [2.75, 3.05) is 0 Å². The van der Waals surface area contributed by atoms with Gasteiger partial charge in [-0.15, -0.1) is 0 Å². The fourth-order valence-electron chi connectivity index (χ4n) is 8.17. The summed E-state index contributed by atoms with van der Waals surface area (Å²) in [5.74, 6) is 0.697. The van der Waals surface area contributed by atoms with Crippen molar-refractivity contribution in [2.45, 2.75) is 77.6 Å². The van der Waals surface area contributed by atoms with Crippen molar-refractivity contribution in [3.63, 3.8) is 0 Å². The lowest BCUT2D eigenvalue weighted by molar-refractivity contribution is 0.420. The van der Waals surface area contributed by atoms with E-state index in [1.807, 2.05) is 0 Å². The van der Waals surface area contributed by atoms with Gasteiger partial charge >= 0.3 is 0 Å². The molecule has 5 aromatic rings. The Bertz CT molecular complexity index is 1920. The van der Waals surface area contributed by atoms with Gasteiger partial charge < -0.3 is 0 Å². The van der Waals surface area contributed by atoms with E-state index in [4.69, 9.17) is 0 Å². The van der Waals surface area contributed by atoms with Crippen LogP contribution in [0.5, 0.6) is 0 Å². The smallest absolute Gasteiger partial charge is 0.0159 e. The second kappa shape index (κ2) is 8.81. The predicted molar refractivity (Wildman–Crippen MR) is 179 cm³/mol. The summed E-state index contributed by atoms with van der Waals surface area (Å²) in [5.41, 5.74) is 21.1. The molecule has 0 nitrogen and oxygen atoms in total. The molecule has 0 saturated heterocycles. The minimum absolute atomic E-state index is 0.00665. The molecule has 3 aliphatic rings. The van der Waals surface area contributed by atoms with Crippen LogP contribution in [-0.4, -0.2) is 0 Å². The van der Waals surface area contributed by atoms with Crippen molar-refractivity contribution < 1.29 is 0 Å². The average molecular weight is 545 g/mol. The Hall–Kier alpha value is -3.90. The Morgan fingerprint density at radius 1 is 0.500 bits per heavy atom. The standard InChI is InChI=1S/C42H40/c1-25-14-17-32-35-23-40-36(24-39(35)41(3,4)37(32)20-25)33-19-16-29(22-38(33)42(40,5)6)28-15-18-31(27-11-9-12-27)34(21-28)30-13-8-7-10-26(30)2/h7-8,10,13-24,27H,9,11-12H2,1-6H3. The average Bonchev–Trinajstić information content (AvgIpc) is 3.30. The van der Waals surface area contributed by atoms with Crippen LogP contribution in [-0.2, 0) is 10.8 Å². The quantitative estimate of drug-likeness (QED) is 0.212. The van der Waals surface area contributed by atoms with Gasteiger partial charge in [0.15, 0.2) is 0 Å². The zero-order valence-electron chi connectivity index (χ0n) is 25.9. The highest BCUT2D eigenvalue weighted by Gasteiger charge is 2.41. The molecular formula is C42H40. The number of hydrogen-bond acceptors (Lipinski definition) is 0. The number of aryl methyl sites for hydroxylation is 2. The van der Waals surface area contributed by atoms with Crippen LogP contribution in [0.3, 0.4) is 0 Å². The summed E-state index contributed by atoms with van der Waals surface area (Å²) in [6, 6.07) is 35.5. The molecule has 0 unspecified atom stereocenters. The van der Waals surface area contributed by atoms with Crippen LogP contribution >= 0.6 is 0 Å². The van der Waals surface area contributed by atoms with Crippen LogP contribution in [0, 0.1) is 13.8 Å². The van der Waals surface area contributed by atoms with E-state index < -0.39 is 0 Å². The fourth-order valence-corrected chi connectivity index (χ4v) is 8.17. The lowest BCUT2D eigenvalue weighted by atomic mass is 9.76. The third-order valence-corrected chi connectivity index (χ3v) is 11.0. The summed E-state index contributed by atoms with van der Waals surface area (Å²) in [7, 11) is 0. The maximum Gasteiger partial charge on any atom is 0.0159 e. The Morgan fingerprint density at radius 3 is 1.71 bits per heavy atom. The summed E-state index contributed by atoms with van der Waals surface area (Å²) in [6.07, 6.45) is 3.98. The van der Waals surface area contributed by atoms with Gasteiger partial charge in [-0.2, -0.15) is 0 Å². The molecule has 1 fully saturated rings. The number of benzene rings is 5. The third-order valence-electron chi connectivity index (χ3n) is 11.0. The largest absolute Gasteiger partial charge is 0.0620 e. The van der Waals surface area contributed by atoms with E-state index in [9.17, 15) is 0 Å². The summed E-state index contributed by atoms with van der Waals surface area (Å²) >= 11 is 0. The van der Waals surface area contributed by atoms with E-state index in [0.717, 1.165) is 0 Å². The van der Waals surface area contributed by atoms with Gasteiger partial charge in [-0.05, 0) is 135 Å². The Balaban J connectivity index is 1.26. The minimum Gasteiger partial charge on any atom is -0.0620 e. The van der Waals surface area contributed by atoms with Gasteiger partial charge in [-0.3, -0.25) is 0 Å². The first-order valence-corrected chi connectivity index (χ1v) is 15.8. The monoisotopic (exact) mass is 544 g/mol. The lowest BCUT2D eigenvalue weighted by Crippen LogP contribution is -2.17. The second-order valence-corrected chi connectivity index (χ2v) is 14.2. The SMILES string of the molecule is Cc1ccc2c(c1)C(C)(C)c1cc3c(cc1-2)C(C)(C)c1cc(-c2ccc(C4CCC4)c(-c4ccccc4C)c2)ccc1-3. The van der Waals surface area contributed by atoms with Gasteiger partial charge in [0.2, 0.25) is 0 Å². The third kappa shape index (κ3) is 3.54. The number of rotatable bonds is 3. The molecule has 1 saturated carbocycles. The van der Waals surface area contributed by atoms with Gasteiger partial charge in [0, 0.05) is 10.8 Å². The Morgan fingerprint density at radius 2 is 1.07 bits per heavy atom. The first kappa shape index (κ1) is 25.8. The minimum atomic E-state index is -0.0575. The Labute approximate surface area is 251 Å². The van der Waals surface area contributed by atoms with E-state index in [2.05, 4.69) is 133 Å². The molecule has 0 aromatic heterocycles. The van der Waals surface area contributed by atoms with E-state index in [-0.39, 0.29) is 10.8 Å². The van der Waals surface area contributed by atoms with Crippen LogP contribution in [0.15, 0.2) is 91.0 Å². The summed E-state index contributed by atoms with van der Waals surface area (Å²) in [6.45, 7) is 14.1. The van der Waals surface area contributed by atoms with E-state index in [0.29, 0.717) is 5.92 Å². The predicted octanol–water partition coefficient (Wildman–Crippen LogP) is 11.5. The molecule has 0 aliphatic heterocycles. The molecule has 0 N–H and O–H groups in total. The molecule has 0 amide bonds. The van der Waals surface area contributed by atoms with Gasteiger partial charge in [-0.1, -0.05) is 106 Å². The normalized spacial score (nSPS) is 17.3. The number of hydrogen-bond donors (Lipinski definition) is 0. The van der Waals surface area contributed by atoms with E-state index in [1.54, 1.807) is 0 Å². The molecule has 208 valence electrons. The van der Waals surface area contributed by atoms with Crippen molar-refractivity contribution in [1.29, 1.82) is 0 Å². The van der Waals surface area contributed by atoms with Gasteiger partial charge in [-0.25, -0.2) is 0 Å². The van der Waals surface area contributed by atoms with Crippen LogP contribution in [0.1, 0.15) is 91.8 Å². The van der Waals surface area contributed by atoms with Gasteiger partial charge in [0.1, 0.15) is 0 Å². The summed E-state index contributed by atoms with van der Waals surface area (Å²) < 4.78 is 0. The Kier molecular flexibility index (Phi) is 5.41. The van der Waals surface area contributed by atoms with Crippen molar-refractivity contribution >= 4 is 0 Å². The number of fused-ring (bicyclic) bond motifs is 6. The van der Waals surface area contributed by atoms with Crippen molar-refractivity contribution in [2.24, 2.45) is 0 Å². The fraction of sp³-hybridized carbons (Fsp3) is 0.286. The van der Waals surface area contributed by atoms with Gasteiger partial charge in [0.25, 0.3) is 0 Å². The maximum absolute atomic E-state index is 2.52. The summed E-state index contributed by atoms with van der Waals surface area (Å²) in [5, 5.41) is 0. The molecule has 0 bridgehead atoms.